The number of hydrogen-bond acceptors (Lipinski definition) is 6. The molecule has 0 bridgehead atoms. The molecule has 0 aliphatic carbocycles. The molecule has 1 fully saturated rings. The number of anilines is 2. The Morgan fingerprint density at radius 2 is 2.17 bits per heavy atom. The Labute approximate surface area is 135 Å². The van der Waals surface area contributed by atoms with Crippen LogP contribution >= 0.6 is 11.8 Å². The van der Waals surface area contributed by atoms with Crippen molar-refractivity contribution < 1.29 is 19.1 Å². The summed E-state index contributed by atoms with van der Waals surface area (Å²) in [5.41, 5.74) is 6.77. The Bertz CT molecular complexity index is 778. The number of amides is 3. The van der Waals surface area contributed by atoms with Crippen molar-refractivity contribution in [3.63, 3.8) is 0 Å². The fourth-order valence-electron chi connectivity index (χ4n) is 2.72. The zero-order valence-electron chi connectivity index (χ0n) is 11.9. The van der Waals surface area contributed by atoms with E-state index in [1.165, 1.54) is 16.7 Å². The molecule has 3 heterocycles. The molecule has 2 N–H and O–H groups in total. The highest BCUT2D eigenvalue weighted by Gasteiger charge is 2.37. The van der Waals surface area contributed by atoms with Gasteiger partial charge in [0.1, 0.15) is 0 Å². The number of rotatable bonds is 2. The third-order valence-corrected chi connectivity index (χ3v) is 4.92. The number of nitrogens with two attached hydrogens (primary N) is 1. The first kappa shape index (κ1) is 14.1. The maximum atomic E-state index is 11.9. The van der Waals surface area contributed by atoms with Gasteiger partial charge in [-0.05, 0) is 30.0 Å². The third-order valence-electron chi connectivity index (χ3n) is 3.88. The van der Waals surface area contributed by atoms with Gasteiger partial charge in [-0.2, -0.15) is 4.99 Å². The molecule has 3 aliphatic rings. The summed E-state index contributed by atoms with van der Waals surface area (Å²) in [7, 11) is 0. The fraction of sp³-hybridized carbons (Fsp3) is 0.286. The highest BCUT2D eigenvalue weighted by Crippen LogP contribution is 2.43. The number of fused-ring (bicyclic) bond motifs is 3. The molecule has 8 nitrogen and oxygen atoms in total. The van der Waals surface area contributed by atoms with Crippen LogP contribution in [0, 0.1) is 0 Å². The lowest BCUT2D eigenvalue weighted by Gasteiger charge is -2.21. The van der Waals surface area contributed by atoms with Gasteiger partial charge in [0.15, 0.2) is 11.3 Å². The molecular formula is C14H12N4O4S. The standard InChI is InChI=1S/C14H12N4O4S/c15-12(20)9-6-18(14(21)22-9)7-1-2-8-10(5-7)23-13-16-11(19)3-4-17(8)13/h1-2,5,9H,3-4,6H2,(H2,15,20)/t9-/m1/s1. The number of carbonyl (C=O) groups excluding carboxylic acids is 3. The van der Waals surface area contributed by atoms with Crippen LogP contribution in [-0.2, 0) is 14.3 Å². The summed E-state index contributed by atoms with van der Waals surface area (Å²) < 4.78 is 4.94. The minimum Gasteiger partial charge on any atom is -0.434 e. The molecule has 0 saturated carbocycles. The number of primary amides is 1. The summed E-state index contributed by atoms with van der Waals surface area (Å²) in [5, 5.41) is 0.660. The summed E-state index contributed by atoms with van der Waals surface area (Å²) >= 11 is 1.39. The lowest BCUT2D eigenvalue weighted by atomic mass is 10.2. The van der Waals surface area contributed by atoms with E-state index in [2.05, 4.69) is 4.99 Å². The van der Waals surface area contributed by atoms with Gasteiger partial charge in [-0.15, -0.1) is 0 Å². The minimum absolute atomic E-state index is 0.0980. The predicted molar refractivity (Wildman–Crippen MR) is 83.5 cm³/mol. The molecular weight excluding hydrogens is 320 g/mol. The van der Waals surface area contributed by atoms with Crippen LogP contribution in [0.15, 0.2) is 28.1 Å². The van der Waals surface area contributed by atoms with Crippen molar-refractivity contribution in [1.82, 2.24) is 0 Å². The fourth-order valence-corrected chi connectivity index (χ4v) is 3.83. The van der Waals surface area contributed by atoms with Crippen LogP contribution in [0.4, 0.5) is 16.2 Å². The van der Waals surface area contributed by atoms with E-state index in [9.17, 15) is 14.4 Å². The number of carbonyl (C=O) groups is 3. The molecule has 0 aromatic heterocycles. The van der Waals surface area contributed by atoms with E-state index in [0.29, 0.717) is 23.8 Å². The highest BCUT2D eigenvalue weighted by molar-refractivity contribution is 8.14. The molecule has 1 saturated heterocycles. The van der Waals surface area contributed by atoms with E-state index in [4.69, 9.17) is 10.5 Å². The molecule has 4 rings (SSSR count). The van der Waals surface area contributed by atoms with Gasteiger partial charge >= 0.3 is 6.09 Å². The van der Waals surface area contributed by atoms with E-state index in [-0.39, 0.29) is 12.5 Å². The summed E-state index contributed by atoms with van der Waals surface area (Å²) in [6.07, 6.45) is -1.14. The Morgan fingerprint density at radius 1 is 1.35 bits per heavy atom. The second kappa shape index (κ2) is 4.98. The maximum absolute atomic E-state index is 11.9. The van der Waals surface area contributed by atoms with Crippen molar-refractivity contribution >= 4 is 46.2 Å². The largest absolute Gasteiger partial charge is 0.434 e. The van der Waals surface area contributed by atoms with Crippen molar-refractivity contribution in [2.45, 2.75) is 17.4 Å². The van der Waals surface area contributed by atoms with E-state index >= 15 is 0 Å². The second-order valence-corrected chi connectivity index (χ2v) is 6.34. The molecule has 3 aliphatic heterocycles. The number of hydrogen-bond donors (Lipinski definition) is 1. The van der Waals surface area contributed by atoms with Crippen LogP contribution < -0.4 is 15.5 Å². The first-order valence-corrected chi connectivity index (χ1v) is 7.83. The van der Waals surface area contributed by atoms with E-state index in [1.54, 1.807) is 6.07 Å². The Balaban J connectivity index is 1.64. The Hall–Kier alpha value is -2.55. The molecule has 1 aromatic carbocycles. The van der Waals surface area contributed by atoms with E-state index in [0.717, 1.165) is 10.6 Å². The van der Waals surface area contributed by atoms with E-state index in [1.807, 2.05) is 17.0 Å². The summed E-state index contributed by atoms with van der Waals surface area (Å²) in [6, 6.07) is 5.49. The average molecular weight is 332 g/mol. The second-order valence-electron chi connectivity index (χ2n) is 5.33. The Kier molecular flexibility index (Phi) is 3.05. The summed E-state index contributed by atoms with van der Waals surface area (Å²) in [6.45, 7) is 0.702. The summed E-state index contributed by atoms with van der Waals surface area (Å²) in [4.78, 5) is 42.8. The molecule has 0 unspecified atom stereocenters. The number of thioether (sulfide) groups is 1. The smallest absolute Gasteiger partial charge is 0.415 e. The number of benzene rings is 1. The van der Waals surface area contributed by atoms with Crippen LogP contribution in [0.2, 0.25) is 0 Å². The first-order chi connectivity index (χ1) is 11.0. The topological polar surface area (TPSA) is 105 Å². The lowest BCUT2D eigenvalue weighted by Crippen LogP contribution is -2.32. The molecule has 1 aromatic rings. The van der Waals surface area contributed by atoms with Gasteiger partial charge < -0.3 is 15.4 Å². The zero-order valence-corrected chi connectivity index (χ0v) is 12.7. The van der Waals surface area contributed by atoms with Crippen LogP contribution in [0.1, 0.15) is 6.42 Å². The SMILES string of the molecule is NC(=O)[C@H]1CN(c2ccc3c(c2)SC2=NC(=O)CCN23)C(=O)O1. The molecule has 118 valence electrons. The van der Waals surface area contributed by atoms with Crippen LogP contribution in [0.5, 0.6) is 0 Å². The quantitative estimate of drug-likeness (QED) is 0.854. The summed E-state index contributed by atoms with van der Waals surface area (Å²) in [5.74, 6) is -0.786. The van der Waals surface area contributed by atoms with Gasteiger partial charge in [0, 0.05) is 23.5 Å². The number of cyclic esters (lactones) is 1. The van der Waals surface area contributed by atoms with Crippen molar-refractivity contribution in [1.29, 1.82) is 0 Å². The van der Waals surface area contributed by atoms with Gasteiger partial charge in [0.25, 0.3) is 5.91 Å². The number of amidine groups is 1. The normalized spacial score (nSPS) is 22.6. The Morgan fingerprint density at radius 3 is 2.91 bits per heavy atom. The average Bonchev–Trinajstić information content (AvgIpc) is 3.06. The molecule has 3 amide bonds. The first-order valence-electron chi connectivity index (χ1n) is 7.01. The predicted octanol–water partition coefficient (Wildman–Crippen LogP) is 0.695. The molecule has 23 heavy (non-hydrogen) atoms. The maximum Gasteiger partial charge on any atom is 0.415 e. The van der Waals surface area contributed by atoms with Gasteiger partial charge in [-0.1, -0.05) is 0 Å². The van der Waals surface area contributed by atoms with Gasteiger partial charge in [-0.25, -0.2) is 4.79 Å². The molecule has 9 heteroatoms. The number of ether oxygens (including phenoxy) is 1. The van der Waals surface area contributed by atoms with Crippen molar-refractivity contribution in [2.24, 2.45) is 10.7 Å². The number of nitrogens with zero attached hydrogens (tertiary/aromatic N) is 3. The third kappa shape index (κ3) is 2.24. The van der Waals surface area contributed by atoms with E-state index < -0.39 is 18.1 Å². The van der Waals surface area contributed by atoms with Crippen LogP contribution in [-0.4, -0.2) is 42.3 Å². The highest BCUT2D eigenvalue weighted by atomic mass is 32.2. The molecule has 0 spiro atoms. The van der Waals surface area contributed by atoms with Gasteiger partial charge in [0.2, 0.25) is 5.91 Å². The zero-order chi connectivity index (χ0) is 16.1. The lowest BCUT2D eigenvalue weighted by molar-refractivity contribution is -0.124. The van der Waals surface area contributed by atoms with Crippen LogP contribution in [0.3, 0.4) is 0 Å². The van der Waals surface area contributed by atoms with Gasteiger partial charge in [-0.3, -0.25) is 14.5 Å². The number of aliphatic imine (C=N–C) groups is 1. The van der Waals surface area contributed by atoms with Crippen molar-refractivity contribution in [3.8, 4) is 0 Å². The minimum atomic E-state index is -0.934. The molecule has 0 radical (unpaired) electrons. The monoisotopic (exact) mass is 332 g/mol. The van der Waals surface area contributed by atoms with Crippen molar-refractivity contribution in [3.05, 3.63) is 18.2 Å². The molecule has 1 atom stereocenters. The van der Waals surface area contributed by atoms with Crippen LogP contribution in [0.25, 0.3) is 0 Å². The van der Waals surface area contributed by atoms with Crippen molar-refractivity contribution in [2.75, 3.05) is 22.9 Å². The van der Waals surface area contributed by atoms with Gasteiger partial charge in [0.05, 0.1) is 12.2 Å².